The number of hydrogen-bond donors (Lipinski definition) is 0. The highest BCUT2D eigenvalue weighted by atomic mass is 32.1. The number of benzene rings is 1. The van der Waals surface area contributed by atoms with Gasteiger partial charge in [-0.05, 0) is 66.3 Å². The van der Waals surface area contributed by atoms with E-state index in [0.29, 0.717) is 11.3 Å². The molecule has 0 N–H and O–H groups in total. The number of piperidine rings is 1. The second-order valence-electron chi connectivity index (χ2n) is 8.15. The van der Waals surface area contributed by atoms with Crippen molar-refractivity contribution in [1.82, 2.24) is 4.90 Å². The van der Waals surface area contributed by atoms with E-state index in [4.69, 9.17) is 9.47 Å². The highest BCUT2D eigenvalue weighted by Gasteiger charge is 2.33. The van der Waals surface area contributed by atoms with Gasteiger partial charge in [0.25, 0.3) is 0 Å². The third-order valence-electron chi connectivity index (χ3n) is 5.56. The standard InChI is InChI=1S/C22H25NO4S/c1-15(24)20-9-17(12-28-20)10-21(25)23-7-3-6-22(2,13-23)11-16-4-5-18-19(8-16)27-14-26-18/h4-5,8-9,12H,3,6-7,10-11,13-14H2,1-2H3/t22-/m0/s1. The van der Waals surface area contributed by atoms with Crippen LogP contribution in [0.25, 0.3) is 0 Å². The zero-order valence-electron chi connectivity index (χ0n) is 16.3. The summed E-state index contributed by atoms with van der Waals surface area (Å²) in [5.41, 5.74) is 2.19. The number of Topliss-reactive ketones (excluding diaryl/α,β-unsaturated/α-hetero) is 1. The maximum atomic E-state index is 12.8. The van der Waals surface area contributed by atoms with E-state index >= 15 is 0 Å². The maximum Gasteiger partial charge on any atom is 0.231 e. The average Bonchev–Trinajstić information content (AvgIpc) is 3.30. The van der Waals surface area contributed by atoms with Crippen LogP contribution in [0.3, 0.4) is 0 Å². The van der Waals surface area contributed by atoms with Gasteiger partial charge in [0, 0.05) is 13.1 Å². The number of ether oxygens (including phenoxy) is 2. The molecule has 2 aromatic rings. The van der Waals surface area contributed by atoms with Crippen molar-refractivity contribution in [3.8, 4) is 11.5 Å². The lowest BCUT2D eigenvalue weighted by atomic mass is 9.77. The van der Waals surface area contributed by atoms with Crippen LogP contribution in [0.1, 0.15) is 47.5 Å². The van der Waals surface area contributed by atoms with Crippen LogP contribution in [-0.2, 0) is 17.6 Å². The number of hydrogen-bond acceptors (Lipinski definition) is 5. The molecule has 1 aromatic carbocycles. The van der Waals surface area contributed by atoms with Gasteiger partial charge >= 0.3 is 0 Å². The highest BCUT2D eigenvalue weighted by molar-refractivity contribution is 7.12. The Bertz CT molecular complexity index is 906. The number of likely N-dealkylation sites (tertiary alicyclic amines) is 1. The van der Waals surface area contributed by atoms with Crippen molar-refractivity contribution < 1.29 is 19.1 Å². The van der Waals surface area contributed by atoms with Crippen LogP contribution < -0.4 is 9.47 Å². The minimum Gasteiger partial charge on any atom is -0.454 e. The Hall–Kier alpha value is -2.34. The monoisotopic (exact) mass is 399 g/mol. The average molecular weight is 400 g/mol. The quantitative estimate of drug-likeness (QED) is 0.711. The molecule has 0 aliphatic carbocycles. The minimum absolute atomic E-state index is 0.0425. The molecule has 2 aliphatic rings. The van der Waals surface area contributed by atoms with Crippen LogP contribution in [-0.4, -0.2) is 36.5 Å². The molecule has 2 aliphatic heterocycles. The smallest absolute Gasteiger partial charge is 0.231 e. The van der Waals surface area contributed by atoms with Crippen molar-refractivity contribution in [2.24, 2.45) is 5.41 Å². The third kappa shape index (κ3) is 4.07. The van der Waals surface area contributed by atoms with E-state index in [1.54, 1.807) is 6.92 Å². The van der Waals surface area contributed by atoms with Crippen molar-refractivity contribution in [3.05, 3.63) is 45.6 Å². The second kappa shape index (κ2) is 7.59. The first kappa shape index (κ1) is 19.0. The number of amides is 1. The molecule has 148 valence electrons. The summed E-state index contributed by atoms with van der Waals surface area (Å²) in [5.74, 6) is 1.81. The lowest BCUT2D eigenvalue weighted by Gasteiger charge is -2.41. The molecule has 0 unspecified atom stereocenters. The third-order valence-corrected chi connectivity index (χ3v) is 6.64. The number of carbonyl (C=O) groups is 2. The van der Waals surface area contributed by atoms with Gasteiger partial charge in [-0.3, -0.25) is 9.59 Å². The van der Waals surface area contributed by atoms with Gasteiger partial charge in [0.15, 0.2) is 17.3 Å². The maximum absolute atomic E-state index is 12.8. The highest BCUT2D eigenvalue weighted by Crippen LogP contribution is 2.37. The Morgan fingerprint density at radius 1 is 1.18 bits per heavy atom. The summed E-state index contributed by atoms with van der Waals surface area (Å²) in [6.07, 6.45) is 3.37. The lowest BCUT2D eigenvalue weighted by Crippen LogP contribution is -2.46. The van der Waals surface area contributed by atoms with Crippen LogP contribution in [0.2, 0.25) is 0 Å². The van der Waals surface area contributed by atoms with E-state index < -0.39 is 0 Å². The fraction of sp³-hybridized carbons (Fsp3) is 0.455. The molecule has 1 atom stereocenters. The second-order valence-corrected chi connectivity index (χ2v) is 9.06. The van der Waals surface area contributed by atoms with Crippen LogP contribution in [0.15, 0.2) is 29.6 Å². The summed E-state index contributed by atoms with van der Waals surface area (Å²) in [4.78, 5) is 27.0. The number of ketones is 1. The largest absolute Gasteiger partial charge is 0.454 e. The molecule has 0 bridgehead atoms. The van der Waals surface area contributed by atoms with Crippen molar-refractivity contribution in [2.45, 2.75) is 39.5 Å². The van der Waals surface area contributed by atoms with Crippen LogP contribution >= 0.6 is 11.3 Å². The van der Waals surface area contributed by atoms with E-state index in [-0.39, 0.29) is 23.9 Å². The van der Waals surface area contributed by atoms with Gasteiger partial charge in [0.05, 0.1) is 11.3 Å². The molecule has 5 nitrogen and oxygen atoms in total. The normalized spacial score (nSPS) is 21.0. The molecule has 1 saturated heterocycles. The van der Waals surface area contributed by atoms with E-state index in [1.807, 2.05) is 22.4 Å². The summed E-state index contributed by atoms with van der Waals surface area (Å²) in [7, 11) is 0. The number of rotatable bonds is 5. The van der Waals surface area contributed by atoms with Crippen molar-refractivity contribution >= 4 is 23.0 Å². The molecule has 4 rings (SSSR count). The van der Waals surface area contributed by atoms with Gasteiger partial charge < -0.3 is 14.4 Å². The summed E-state index contributed by atoms with van der Waals surface area (Å²) in [5, 5.41) is 1.92. The Kier molecular flexibility index (Phi) is 5.15. The molecule has 6 heteroatoms. The number of carbonyl (C=O) groups excluding carboxylic acids is 2. The summed E-state index contributed by atoms with van der Waals surface area (Å²) >= 11 is 1.42. The van der Waals surface area contributed by atoms with E-state index in [1.165, 1.54) is 16.9 Å². The molecule has 1 fully saturated rings. The number of thiophene rings is 1. The van der Waals surface area contributed by atoms with Gasteiger partial charge in [-0.2, -0.15) is 0 Å². The van der Waals surface area contributed by atoms with E-state index in [0.717, 1.165) is 49.4 Å². The molecule has 1 amide bonds. The van der Waals surface area contributed by atoms with Gasteiger partial charge in [-0.15, -0.1) is 11.3 Å². The van der Waals surface area contributed by atoms with Crippen LogP contribution in [0, 0.1) is 5.41 Å². The predicted octanol–water partition coefficient (Wildman–Crippen LogP) is 4.09. The molecular weight excluding hydrogens is 374 g/mol. The van der Waals surface area contributed by atoms with Gasteiger partial charge in [-0.25, -0.2) is 0 Å². The van der Waals surface area contributed by atoms with E-state index in [9.17, 15) is 9.59 Å². The zero-order chi connectivity index (χ0) is 19.7. The first-order valence-corrected chi connectivity index (χ1v) is 10.5. The van der Waals surface area contributed by atoms with Crippen molar-refractivity contribution in [3.63, 3.8) is 0 Å². The van der Waals surface area contributed by atoms with Crippen LogP contribution in [0.4, 0.5) is 0 Å². The van der Waals surface area contributed by atoms with Gasteiger partial charge in [0.1, 0.15) is 0 Å². The minimum atomic E-state index is 0.0425. The Labute approximate surface area is 169 Å². The first-order chi connectivity index (χ1) is 13.4. The topological polar surface area (TPSA) is 55.8 Å². The fourth-order valence-electron chi connectivity index (χ4n) is 4.16. The zero-order valence-corrected chi connectivity index (χ0v) is 17.1. The summed E-state index contributed by atoms with van der Waals surface area (Å²) in [6.45, 7) is 5.66. The summed E-state index contributed by atoms with van der Waals surface area (Å²) in [6, 6.07) is 7.97. The molecule has 28 heavy (non-hydrogen) atoms. The van der Waals surface area contributed by atoms with Crippen molar-refractivity contribution in [2.75, 3.05) is 19.9 Å². The molecular formula is C22H25NO4S. The van der Waals surface area contributed by atoms with Crippen LogP contribution in [0.5, 0.6) is 11.5 Å². The first-order valence-electron chi connectivity index (χ1n) is 9.67. The van der Waals surface area contributed by atoms with Gasteiger partial charge in [0.2, 0.25) is 12.7 Å². The van der Waals surface area contributed by atoms with E-state index in [2.05, 4.69) is 19.1 Å². The fourth-order valence-corrected chi connectivity index (χ4v) is 4.97. The Morgan fingerprint density at radius 3 is 2.79 bits per heavy atom. The molecule has 3 heterocycles. The SMILES string of the molecule is CC(=O)c1cc(CC(=O)N2CCC[C@@](C)(Cc3ccc4c(c3)OCO4)C2)cs1. The molecule has 0 radical (unpaired) electrons. The Balaban J connectivity index is 1.41. The van der Waals surface area contributed by atoms with Gasteiger partial charge in [-0.1, -0.05) is 13.0 Å². The molecule has 0 spiro atoms. The molecule has 1 aromatic heterocycles. The van der Waals surface area contributed by atoms with Crippen molar-refractivity contribution in [1.29, 1.82) is 0 Å². The lowest BCUT2D eigenvalue weighted by molar-refractivity contribution is -0.133. The Morgan fingerprint density at radius 2 is 2.00 bits per heavy atom. The number of fused-ring (bicyclic) bond motifs is 1. The number of nitrogens with zero attached hydrogens (tertiary/aromatic N) is 1. The summed E-state index contributed by atoms with van der Waals surface area (Å²) < 4.78 is 10.9. The molecule has 0 saturated carbocycles. The predicted molar refractivity (Wildman–Crippen MR) is 108 cm³/mol.